The van der Waals surface area contributed by atoms with Gasteiger partial charge in [0.05, 0.1) is 6.04 Å². The quantitative estimate of drug-likeness (QED) is 0.722. The van der Waals surface area contributed by atoms with Crippen LogP contribution in [0.25, 0.3) is 0 Å². The van der Waals surface area contributed by atoms with Crippen LogP contribution >= 0.6 is 0 Å². The molecule has 0 bridgehead atoms. The van der Waals surface area contributed by atoms with Crippen LogP contribution in [0.4, 0.5) is 0 Å². The van der Waals surface area contributed by atoms with Crippen LogP contribution in [0.15, 0.2) is 0 Å². The van der Waals surface area contributed by atoms with E-state index in [-0.39, 0.29) is 11.9 Å². The second-order valence-corrected chi connectivity index (χ2v) is 5.71. The number of rotatable bonds is 7. The molecular formula is C14H29N3O. The number of carbonyl (C=O) groups excluding carboxylic acids is 1. The number of amides is 1. The molecule has 1 aliphatic carbocycles. The summed E-state index contributed by atoms with van der Waals surface area (Å²) < 4.78 is 0. The van der Waals surface area contributed by atoms with Gasteiger partial charge in [0.25, 0.3) is 0 Å². The molecule has 0 spiro atoms. The molecule has 0 aromatic rings. The van der Waals surface area contributed by atoms with E-state index in [0.717, 1.165) is 25.4 Å². The van der Waals surface area contributed by atoms with E-state index in [2.05, 4.69) is 24.2 Å². The first-order chi connectivity index (χ1) is 8.54. The van der Waals surface area contributed by atoms with Gasteiger partial charge < -0.3 is 16.0 Å². The van der Waals surface area contributed by atoms with Crippen LogP contribution in [0.3, 0.4) is 0 Å². The highest BCUT2D eigenvalue weighted by atomic mass is 16.1. The lowest BCUT2D eigenvalue weighted by atomic mass is 9.86. The van der Waals surface area contributed by atoms with Crippen LogP contribution in [-0.4, -0.2) is 43.0 Å². The Hall–Kier alpha value is -0.610. The van der Waals surface area contributed by atoms with Crippen molar-refractivity contribution < 1.29 is 4.79 Å². The van der Waals surface area contributed by atoms with Gasteiger partial charge in [-0.25, -0.2) is 0 Å². The first-order valence-electron chi connectivity index (χ1n) is 7.27. The summed E-state index contributed by atoms with van der Waals surface area (Å²) in [7, 11) is 2.17. The molecule has 0 aliphatic heterocycles. The van der Waals surface area contributed by atoms with Crippen LogP contribution in [-0.2, 0) is 4.79 Å². The van der Waals surface area contributed by atoms with E-state index in [1.165, 1.54) is 25.7 Å². The van der Waals surface area contributed by atoms with Gasteiger partial charge in [0.1, 0.15) is 0 Å². The summed E-state index contributed by atoms with van der Waals surface area (Å²) in [5.41, 5.74) is 5.39. The molecule has 18 heavy (non-hydrogen) atoms. The third-order valence-electron chi connectivity index (χ3n) is 4.10. The van der Waals surface area contributed by atoms with Gasteiger partial charge >= 0.3 is 0 Å². The third-order valence-corrected chi connectivity index (χ3v) is 4.10. The Morgan fingerprint density at radius 1 is 1.50 bits per heavy atom. The molecule has 0 aromatic carbocycles. The Kier molecular flexibility index (Phi) is 6.65. The smallest absolute Gasteiger partial charge is 0.234 e. The number of hydrogen-bond donors (Lipinski definition) is 2. The number of likely N-dealkylation sites (N-methyl/N-ethyl adjacent to an activating group) is 1. The number of nitrogens with one attached hydrogen (secondary N) is 1. The van der Waals surface area contributed by atoms with Gasteiger partial charge in [-0.2, -0.15) is 0 Å². The van der Waals surface area contributed by atoms with E-state index >= 15 is 0 Å². The van der Waals surface area contributed by atoms with Crippen LogP contribution in [0, 0.1) is 5.92 Å². The topological polar surface area (TPSA) is 58.4 Å². The standard InChI is InChI=1S/C14H29N3O/c1-4-16-13(14(15)18)8-9-17(3)12-7-5-6-11(2)10-12/h11-13,16H,4-10H2,1-3H3,(H2,15,18). The molecule has 4 heteroatoms. The van der Waals surface area contributed by atoms with E-state index in [1.54, 1.807) is 0 Å². The van der Waals surface area contributed by atoms with Crippen molar-refractivity contribution in [2.75, 3.05) is 20.1 Å². The molecule has 0 saturated heterocycles. The Morgan fingerprint density at radius 3 is 2.78 bits per heavy atom. The highest BCUT2D eigenvalue weighted by molar-refractivity contribution is 5.79. The average Bonchev–Trinajstić information content (AvgIpc) is 2.33. The van der Waals surface area contributed by atoms with E-state index in [9.17, 15) is 4.79 Å². The highest BCUT2D eigenvalue weighted by Gasteiger charge is 2.23. The summed E-state index contributed by atoms with van der Waals surface area (Å²) in [5.74, 6) is 0.606. The second kappa shape index (κ2) is 7.74. The molecule has 3 atom stereocenters. The maximum atomic E-state index is 11.3. The highest BCUT2D eigenvalue weighted by Crippen LogP contribution is 2.26. The van der Waals surface area contributed by atoms with Crippen molar-refractivity contribution in [3.63, 3.8) is 0 Å². The van der Waals surface area contributed by atoms with Crippen molar-refractivity contribution in [3.05, 3.63) is 0 Å². The lowest BCUT2D eigenvalue weighted by Crippen LogP contribution is -2.44. The van der Waals surface area contributed by atoms with Gasteiger partial charge in [-0.05, 0) is 38.8 Å². The average molecular weight is 255 g/mol. The summed E-state index contributed by atoms with van der Waals surface area (Å²) in [6.45, 7) is 6.07. The molecule has 1 aliphatic rings. The normalized spacial score (nSPS) is 26.2. The predicted molar refractivity (Wildman–Crippen MR) is 75.3 cm³/mol. The van der Waals surface area contributed by atoms with Gasteiger partial charge in [-0.15, -0.1) is 0 Å². The number of primary amides is 1. The van der Waals surface area contributed by atoms with E-state index in [4.69, 9.17) is 5.73 Å². The Labute approximate surface area is 111 Å². The van der Waals surface area contributed by atoms with Crippen molar-refractivity contribution in [2.24, 2.45) is 11.7 Å². The fourth-order valence-corrected chi connectivity index (χ4v) is 2.91. The van der Waals surface area contributed by atoms with Crippen LogP contribution in [0.2, 0.25) is 0 Å². The number of carbonyl (C=O) groups is 1. The second-order valence-electron chi connectivity index (χ2n) is 5.71. The zero-order valence-electron chi connectivity index (χ0n) is 12.1. The lowest BCUT2D eigenvalue weighted by molar-refractivity contribution is -0.120. The largest absolute Gasteiger partial charge is 0.368 e. The summed E-state index contributed by atoms with van der Waals surface area (Å²) in [5, 5.41) is 3.15. The van der Waals surface area contributed by atoms with Crippen molar-refractivity contribution in [3.8, 4) is 0 Å². The molecular weight excluding hydrogens is 226 g/mol. The molecule has 3 N–H and O–H groups in total. The Balaban J connectivity index is 2.34. The van der Waals surface area contributed by atoms with Crippen molar-refractivity contribution in [2.45, 2.75) is 58.0 Å². The molecule has 1 fully saturated rings. The summed E-state index contributed by atoms with van der Waals surface area (Å²) in [4.78, 5) is 13.7. The first kappa shape index (κ1) is 15.4. The predicted octanol–water partition coefficient (Wildman–Crippen LogP) is 1.35. The monoisotopic (exact) mass is 255 g/mol. The van der Waals surface area contributed by atoms with Crippen molar-refractivity contribution in [1.29, 1.82) is 0 Å². The van der Waals surface area contributed by atoms with Crippen LogP contribution in [0.1, 0.15) is 46.0 Å². The van der Waals surface area contributed by atoms with E-state index < -0.39 is 0 Å². The summed E-state index contributed by atoms with van der Waals surface area (Å²) >= 11 is 0. The molecule has 3 unspecified atom stereocenters. The number of nitrogens with zero attached hydrogens (tertiary/aromatic N) is 1. The maximum Gasteiger partial charge on any atom is 0.234 e. The van der Waals surface area contributed by atoms with Crippen LogP contribution < -0.4 is 11.1 Å². The zero-order chi connectivity index (χ0) is 13.5. The molecule has 106 valence electrons. The fourth-order valence-electron chi connectivity index (χ4n) is 2.91. The number of nitrogens with two attached hydrogens (primary N) is 1. The van der Waals surface area contributed by atoms with Gasteiger partial charge in [0, 0.05) is 12.6 Å². The number of hydrogen-bond acceptors (Lipinski definition) is 3. The van der Waals surface area contributed by atoms with E-state index in [0.29, 0.717) is 6.04 Å². The van der Waals surface area contributed by atoms with Crippen LogP contribution in [0.5, 0.6) is 0 Å². The van der Waals surface area contributed by atoms with Crippen molar-refractivity contribution in [1.82, 2.24) is 10.2 Å². The Morgan fingerprint density at radius 2 is 2.22 bits per heavy atom. The van der Waals surface area contributed by atoms with E-state index in [1.807, 2.05) is 6.92 Å². The Bertz CT molecular complexity index is 257. The third kappa shape index (κ3) is 4.94. The summed E-state index contributed by atoms with van der Waals surface area (Å²) in [6, 6.07) is 0.502. The van der Waals surface area contributed by atoms with Crippen molar-refractivity contribution >= 4 is 5.91 Å². The maximum absolute atomic E-state index is 11.3. The summed E-state index contributed by atoms with van der Waals surface area (Å²) in [6.07, 6.45) is 6.10. The van der Waals surface area contributed by atoms with Gasteiger partial charge in [0.15, 0.2) is 0 Å². The minimum atomic E-state index is -0.234. The fraction of sp³-hybridized carbons (Fsp3) is 0.929. The molecule has 0 heterocycles. The SMILES string of the molecule is CCNC(CCN(C)C1CCCC(C)C1)C(N)=O. The minimum Gasteiger partial charge on any atom is -0.368 e. The lowest BCUT2D eigenvalue weighted by Gasteiger charge is -2.34. The molecule has 1 rings (SSSR count). The van der Waals surface area contributed by atoms with Gasteiger partial charge in [0.2, 0.25) is 5.91 Å². The zero-order valence-corrected chi connectivity index (χ0v) is 12.1. The molecule has 0 aromatic heterocycles. The van der Waals surface area contributed by atoms with Gasteiger partial charge in [-0.3, -0.25) is 4.79 Å². The molecule has 1 amide bonds. The molecule has 4 nitrogen and oxygen atoms in total. The molecule has 1 saturated carbocycles. The minimum absolute atomic E-state index is 0.182. The van der Waals surface area contributed by atoms with Gasteiger partial charge in [-0.1, -0.05) is 26.7 Å². The molecule has 0 radical (unpaired) electrons. The first-order valence-corrected chi connectivity index (χ1v) is 7.27.